The number of anilines is 1. The molecule has 0 saturated heterocycles. The maximum absolute atomic E-state index is 12.2. The summed E-state index contributed by atoms with van der Waals surface area (Å²) in [6.07, 6.45) is 2.77. The molecule has 0 saturated carbocycles. The molecule has 0 fully saturated rings. The molecule has 4 rings (SSSR count). The highest BCUT2D eigenvalue weighted by Gasteiger charge is 2.28. The number of carbonyl (C=O) groups is 2. The van der Waals surface area contributed by atoms with Gasteiger partial charge in [-0.15, -0.1) is 11.3 Å². The first kappa shape index (κ1) is 23.6. The van der Waals surface area contributed by atoms with Crippen molar-refractivity contribution >= 4 is 34.6 Å². The molecule has 2 N–H and O–H groups in total. The summed E-state index contributed by atoms with van der Waals surface area (Å²) in [5.74, 6) is 0.0374. The van der Waals surface area contributed by atoms with Crippen LogP contribution in [-0.4, -0.2) is 30.9 Å². The Morgan fingerprint density at radius 3 is 2.29 bits per heavy atom. The molecule has 1 aliphatic carbocycles. The van der Waals surface area contributed by atoms with Crippen molar-refractivity contribution < 1.29 is 19.1 Å². The van der Waals surface area contributed by atoms with Gasteiger partial charge in [-0.3, -0.25) is 5.32 Å². The van der Waals surface area contributed by atoms with Crippen molar-refractivity contribution in [3.63, 3.8) is 0 Å². The first-order valence-electron chi connectivity index (χ1n) is 11.1. The van der Waals surface area contributed by atoms with Crippen molar-refractivity contribution in [2.24, 2.45) is 0 Å². The fraction of sp³-hybridized carbons (Fsp3) is 0.259. The van der Waals surface area contributed by atoms with Gasteiger partial charge in [-0.2, -0.15) is 0 Å². The van der Waals surface area contributed by atoms with Crippen LogP contribution in [0.3, 0.4) is 0 Å². The Bertz CT molecular complexity index is 1160. The number of hydrogen-bond acceptors (Lipinski definition) is 5. The summed E-state index contributed by atoms with van der Waals surface area (Å²) < 4.78 is 10.8. The average Bonchev–Trinajstić information content (AvgIpc) is 3.36. The van der Waals surface area contributed by atoms with Gasteiger partial charge in [0.15, 0.2) is 0 Å². The van der Waals surface area contributed by atoms with E-state index in [1.54, 1.807) is 0 Å². The molecular weight excluding hydrogens is 448 g/mol. The second kappa shape index (κ2) is 10.1. The van der Waals surface area contributed by atoms with Crippen LogP contribution in [0.5, 0.6) is 0 Å². The Labute approximate surface area is 203 Å². The molecule has 7 heteroatoms. The molecule has 1 aliphatic rings. The number of fused-ring (bicyclic) bond motifs is 3. The van der Waals surface area contributed by atoms with Crippen molar-refractivity contribution in [1.82, 2.24) is 5.32 Å². The van der Waals surface area contributed by atoms with Crippen LogP contribution in [0.2, 0.25) is 0 Å². The zero-order valence-electron chi connectivity index (χ0n) is 19.5. The van der Waals surface area contributed by atoms with Crippen molar-refractivity contribution in [2.45, 2.75) is 32.3 Å². The number of thiophene rings is 1. The van der Waals surface area contributed by atoms with E-state index >= 15 is 0 Å². The lowest BCUT2D eigenvalue weighted by Crippen LogP contribution is -2.26. The molecule has 34 heavy (non-hydrogen) atoms. The minimum Gasteiger partial charge on any atom is -0.449 e. The lowest BCUT2D eigenvalue weighted by molar-refractivity contribution is 0.0636. The molecule has 2 aromatic carbocycles. The number of rotatable bonds is 6. The van der Waals surface area contributed by atoms with E-state index in [1.807, 2.05) is 68.6 Å². The Morgan fingerprint density at radius 1 is 1.00 bits per heavy atom. The molecule has 0 unspecified atom stereocenters. The Kier molecular flexibility index (Phi) is 7.03. The van der Waals surface area contributed by atoms with Crippen molar-refractivity contribution in [1.29, 1.82) is 0 Å². The van der Waals surface area contributed by atoms with Gasteiger partial charge < -0.3 is 14.8 Å². The van der Waals surface area contributed by atoms with Gasteiger partial charge in [-0.05, 0) is 54.7 Å². The summed E-state index contributed by atoms with van der Waals surface area (Å²) in [7, 11) is 0. The molecule has 0 spiro atoms. The van der Waals surface area contributed by atoms with E-state index in [1.165, 1.54) is 33.6 Å². The van der Waals surface area contributed by atoms with Gasteiger partial charge >= 0.3 is 12.2 Å². The summed E-state index contributed by atoms with van der Waals surface area (Å²) >= 11 is 1.40. The molecule has 3 aromatic rings. The molecule has 0 radical (unpaired) electrons. The third-order valence-corrected chi connectivity index (χ3v) is 6.13. The lowest BCUT2D eigenvalue weighted by Gasteiger charge is -2.19. The van der Waals surface area contributed by atoms with E-state index in [-0.39, 0.29) is 12.5 Å². The van der Waals surface area contributed by atoms with Gasteiger partial charge in [-0.1, -0.05) is 60.7 Å². The van der Waals surface area contributed by atoms with Crippen LogP contribution in [0.25, 0.3) is 17.2 Å². The predicted molar refractivity (Wildman–Crippen MR) is 136 cm³/mol. The first-order valence-corrected chi connectivity index (χ1v) is 12.0. The molecule has 6 nitrogen and oxygen atoms in total. The van der Waals surface area contributed by atoms with Crippen LogP contribution in [0.4, 0.5) is 14.6 Å². The Morgan fingerprint density at radius 2 is 1.65 bits per heavy atom. The molecule has 1 heterocycles. The molecule has 176 valence electrons. The fourth-order valence-corrected chi connectivity index (χ4v) is 4.65. The number of hydrogen-bond donors (Lipinski definition) is 2. The van der Waals surface area contributed by atoms with Crippen LogP contribution in [0.1, 0.15) is 43.4 Å². The number of ether oxygens (including phenoxy) is 2. The Balaban J connectivity index is 1.24. The average molecular weight is 477 g/mol. The lowest BCUT2D eigenvalue weighted by atomic mass is 9.98. The number of benzene rings is 2. The molecule has 2 amide bonds. The summed E-state index contributed by atoms with van der Waals surface area (Å²) in [6.45, 7) is 6.07. The number of amides is 2. The van der Waals surface area contributed by atoms with Gasteiger partial charge in [0.25, 0.3) is 0 Å². The van der Waals surface area contributed by atoms with E-state index in [4.69, 9.17) is 9.47 Å². The molecular formula is C27H28N2O4S. The van der Waals surface area contributed by atoms with Gasteiger partial charge in [0.2, 0.25) is 0 Å². The molecule has 0 aliphatic heterocycles. The summed E-state index contributed by atoms with van der Waals surface area (Å²) in [5.41, 5.74) is 5.15. The predicted octanol–water partition coefficient (Wildman–Crippen LogP) is 6.65. The maximum atomic E-state index is 12.2. The monoisotopic (exact) mass is 476 g/mol. The number of carbonyl (C=O) groups excluding carboxylic acids is 2. The third kappa shape index (κ3) is 5.85. The zero-order chi connectivity index (χ0) is 24.1. The van der Waals surface area contributed by atoms with Crippen molar-refractivity contribution in [2.75, 3.05) is 18.5 Å². The third-order valence-electron chi connectivity index (χ3n) is 5.26. The summed E-state index contributed by atoms with van der Waals surface area (Å²) in [5, 5.41) is 8.08. The summed E-state index contributed by atoms with van der Waals surface area (Å²) in [6, 6.07) is 18.3. The maximum Gasteiger partial charge on any atom is 0.412 e. The van der Waals surface area contributed by atoms with Crippen LogP contribution in [0, 0.1) is 0 Å². The normalized spacial score (nSPS) is 12.8. The second-order valence-corrected chi connectivity index (χ2v) is 9.89. The van der Waals surface area contributed by atoms with Crippen LogP contribution in [0.15, 0.2) is 66.1 Å². The number of nitrogens with one attached hydrogen (secondary N) is 2. The number of alkyl carbamates (subject to hydrolysis) is 1. The highest BCUT2D eigenvalue weighted by molar-refractivity contribution is 7.14. The highest BCUT2D eigenvalue weighted by Crippen LogP contribution is 2.44. The van der Waals surface area contributed by atoms with Crippen molar-refractivity contribution in [3.05, 3.63) is 82.7 Å². The van der Waals surface area contributed by atoms with Gasteiger partial charge in [0.05, 0.1) is 5.00 Å². The van der Waals surface area contributed by atoms with E-state index in [2.05, 4.69) is 34.9 Å². The van der Waals surface area contributed by atoms with E-state index in [0.29, 0.717) is 11.5 Å². The smallest absolute Gasteiger partial charge is 0.412 e. The van der Waals surface area contributed by atoms with E-state index < -0.39 is 17.8 Å². The summed E-state index contributed by atoms with van der Waals surface area (Å²) in [4.78, 5) is 24.1. The minimum atomic E-state index is -0.547. The van der Waals surface area contributed by atoms with Gasteiger partial charge in [0, 0.05) is 17.8 Å². The standard InChI is InChI=1S/C27H28N2O4S/c1-27(2,3)33-26(31)29-24-15-18(17-34-24)9-8-14-28-25(30)32-16-23-21-12-6-4-10-19(21)20-11-5-7-13-22(20)23/h4-13,15,17,23H,14,16H2,1-3H3,(H,28,30)(H,29,31). The van der Waals surface area contributed by atoms with Gasteiger partial charge in [-0.25, -0.2) is 9.59 Å². The molecule has 0 bridgehead atoms. The highest BCUT2D eigenvalue weighted by atomic mass is 32.1. The Hall–Kier alpha value is -3.58. The minimum absolute atomic E-state index is 0.0374. The van der Waals surface area contributed by atoms with Crippen LogP contribution < -0.4 is 10.6 Å². The SMILES string of the molecule is CC(C)(C)OC(=O)Nc1cc(C=CCNC(=O)OCC2c3ccccc3-c3ccccc32)cs1. The molecule has 1 aromatic heterocycles. The largest absolute Gasteiger partial charge is 0.449 e. The molecule has 0 atom stereocenters. The van der Waals surface area contributed by atoms with Crippen LogP contribution >= 0.6 is 11.3 Å². The topological polar surface area (TPSA) is 76.7 Å². The van der Waals surface area contributed by atoms with E-state index in [0.717, 1.165) is 5.56 Å². The van der Waals surface area contributed by atoms with Gasteiger partial charge in [0.1, 0.15) is 12.2 Å². The fourth-order valence-electron chi connectivity index (χ4n) is 3.89. The van der Waals surface area contributed by atoms with Crippen LogP contribution in [-0.2, 0) is 9.47 Å². The zero-order valence-corrected chi connectivity index (χ0v) is 20.3. The van der Waals surface area contributed by atoms with E-state index in [9.17, 15) is 9.59 Å². The quantitative estimate of drug-likeness (QED) is 0.418. The second-order valence-electron chi connectivity index (χ2n) is 8.98. The first-order chi connectivity index (χ1) is 16.3. The van der Waals surface area contributed by atoms with Crippen molar-refractivity contribution in [3.8, 4) is 11.1 Å².